The number of aliphatic hydroxyl groups excluding tert-OH is 2. The fraction of sp³-hybridized carbons (Fsp3) is 0.409. The molecule has 0 heterocycles. The van der Waals surface area contributed by atoms with Crippen molar-refractivity contribution in [3.05, 3.63) is 52.0 Å². The molecule has 4 rings (SSSR count). The number of benzene rings is 1. The van der Waals surface area contributed by atoms with E-state index in [0.29, 0.717) is 0 Å². The number of carbonyl (C=O) groups is 3. The quantitative estimate of drug-likeness (QED) is 0.307. The number of carbonyl (C=O) groups excluding carboxylic acids is 3. The molecule has 12 heteroatoms. The molecule has 1 aromatic rings. The Morgan fingerprint density at radius 2 is 1.71 bits per heavy atom. The second-order valence-electron chi connectivity index (χ2n) is 8.96. The van der Waals surface area contributed by atoms with Gasteiger partial charge in [0.1, 0.15) is 22.8 Å². The average molecular weight is 517 g/mol. The maximum Gasteiger partial charge on any atom is 0.255 e. The first-order valence-electron chi connectivity index (χ1n) is 9.97. The van der Waals surface area contributed by atoms with Gasteiger partial charge in [0.2, 0.25) is 5.78 Å². The fourth-order valence-corrected chi connectivity index (χ4v) is 5.51. The fourth-order valence-electron chi connectivity index (χ4n) is 5.51. The first kappa shape index (κ1) is 27.6. The van der Waals surface area contributed by atoms with E-state index in [0.717, 1.165) is 0 Å². The number of phenols is 1. The zero-order valence-electron chi connectivity index (χ0n) is 18.5. The molecule has 0 spiro atoms. The van der Waals surface area contributed by atoms with Gasteiger partial charge in [-0.15, -0.1) is 24.8 Å². The number of nitrogens with two attached hydrogens (primary N) is 1. The van der Waals surface area contributed by atoms with Crippen LogP contribution in [0.3, 0.4) is 0 Å². The Morgan fingerprint density at radius 1 is 1.12 bits per heavy atom. The van der Waals surface area contributed by atoms with Crippen LogP contribution in [0.4, 0.5) is 0 Å². The number of phenolic OH excluding ortho intramolecular Hbond substituents is 1. The summed E-state index contributed by atoms with van der Waals surface area (Å²) in [4.78, 5) is 39.9. The SMILES string of the molecule is CN(C)[C@@H]1C(O)=C(C(N)=O)C(=O)[C@@]2(O)C(O)=C3C(=O)c4c(O)cccc4[C@@](C)(O)[C@H]3C[C@@H]12.Cl.Cl. The Morgan fingerprint density at radius 3 is 2.24 bits per heavy atom. The molecule has 0 bridgehead atoms. The first-order valence-corrected chi connectivity index (χ1v) is 9.97. The number of rotatable bonds is 2. The van der Waals surface area contributed by atoms with Gasteiger partial charge >= 0.3 is 0 Å². The third-order valence-corrected chi connectivity index (χ3v) is 7.02. The number of aromatic hydroxyl groups is 1. The standard InChI is InChI=1S/C22H24N2O8.2ClH/c1-21(31)8-5-4-6-11(25)12(8)16(26)13-9(21)7-10-15(24(2)3)17(27)14(20(23)30)19(29)22(10,32)18(13)28;;/h4-6,9-10,15,25,27-28,31-32H,7H2,1-3H3,(H2,23,30);2*1H/t9-,10-,15-,21+,22-;;/m0../s1. The van der Waals surface area contributed by atoms with Crippen LogP contribution < -0.4 is 5.73 Å². The summed E-state index contributed by atoms with van der Waals surface area (Å²) in [6, 6.07) is 3.05. The highest BCUT2D eigenvalue weighted by Crippen LogP contribution is 2.56. The highest BCUT2D eigenvalue weighted by molar-refractivity contribution is 6.24. The molecule has 10 nitrogen and oxygen atoms in total. The molecule has 1 amide bonds. The molecule has 7 N–H and O–H groups in total. The van der Waals surface area contributed by atoms with Crippen LogP contribution in [0, 0.1) is 11.8 Å². The maximum absolute atomic E-state index is 13.3. The summed E-state index contributed by atoms with van der Waals surface area (Å²) in [5.74, 6) is -7.89. The van der Waals surface area contributed by atoms with E-state index in [-0.39, 0.29) is 42.4 Å². The number of halogens is 2. The van der Waals surface area contributed by atoms with Crippen molar-refractivity contribution < 1.29 is 39.9 Å². The second kappa shape index (κ2) is 8.54. The van der Waals surface area contributed by atoms with Crippen LogP contribution in [-0.2, 0) is 15.2 Å². The van der Waals surface area contributed by atoms with Crippen LogP contribution in [0.1, 0.15) is 29.3 Å². The second-order valence-corrected chi connectivity index (χ2v) is 8.96. The molecule has 0 unspecified atom stereocenters. The minimum atomic E-state index is -2.75. The lowest BCUT2D eigenvalue weighted by atomic mass is 9.55. The van der Waals surface area contributed by atoms with Crippen LogP contribution in [0.2, 0.25) is 0 Å². The predicted molar refractivity (Wildman–Crippen MR) is 124 cm³/mol. The molecule has 0 fully saturated rings. The molecule has 0 radical (unpaired) electrons. The maximum atomic E-state index is 13.3. The number of likely N-dealkylation sites (N-methyl/N-ethyl adjacent to an activating group) is 1. The molecular weight excluding hydrogens is 491 g/mol. The van der Waals surface area contributed by atoms with Gasteiger partial charge in [-0.3, -0.25) is 19.3 Å². The summed E-state index contributed by atoms with van der Waals surface area (Å²) < 4.78 is 0. The highest BCUT2D eigenvalue weighted by atomic mass is 35.5. The minimum absolute atomic E-state index is 0. The molecule has 1 aromatic carbocycles. The van der Waals surface area contributed by atoms with Crippen LogP contribution >= 0.6 is 24.8 Å². The van der Waals surface area contributed by atoms with E-state index in [4.69, 9.17) is 5.73 Å². The number of hydrogen-bond donors (Lipinski definition) is 6. The van der Waals surface area contributed by atoms with Gasteiger partial charge in [0.15, 0.2) is 11.4 Å². The topological polar surface area (TPSA) is 182 Å². The molecule has 0 aromatic heterocycles. The van der Waals surface area contributed by atoms with Gasteiger partial charge in [0.25, 0.3) is 5.91 Å². The summed E-state index contributed by atoms with van der Waals surface area (Å²) in [6.45, 7) is 1.40. The lowest BCUT2D eigenvalue weighted by Crippen LogP contribution is -2.65. The van der Waals surface area contributed by atoms with Crippen LogP contribution in [0.15, 0.2) is 40.9 Å². The van der Waals surface area contributed by atoms with Crippen LogP contribution in [0.5, 0.6) is 5.75 Å². The van der Waals surface area contributed by atoms with E-state index >= 15 is 0 Å². The molecule has 3 aliphatic rings. The summed E-state index contributed by atoms with van der Waals surface area (Å²) >= 11 is 0. The number of aliphatic hydroxyl groups is 4. The number of Topliss-reactive ketones (excluding diaryl/α,β-unsaturated/α-hetero) is 2. The highest BCUT2D eigenvalue weighted by Gasteiger charge is 2.65. The van der Waals surface area contributed by atoms with Crippen LogP contribution in [-0.4, -0.2) is 73.6 Å². The van der Waals surface area contributed by atoms with Gasteiger partial charge in [-0.2, -0.15) is 0 Å². The Labute approximate surface area is 207 Å². The van der Waals surface area contributed by atoms with Gasteiger partial charge < -0.3 is 31.3 Å². The third kappa shape index (κ3) is 3.24. The van der Waals surface area contributed by atoms with Crippen molar-refractivity contribution in [2.45, 2.75) is 30.6 Å². The van der Waals surface area contributed by atoms with Crippen molar-refractivity contribution >= 4 is 42.3 Å². The van der Waals surface area contributed by atoms with Crippen molar-refractivity contribution in [1.29, 1.82) is 0 Å². The van der Waals surface area contributed by atoms with Crippen molar-refractivity contribution in [1.82, 2.24) is 4.90 Å². The van der Waals surface area contributed by atoms with E-state index in [9.17, 15) is 39.9 Å². The zero-order chi connectivity index (χ0) is 23.9. The molecule has 34 heavy (non-hydrogen) atoms. The lowest BCUT2D eigenvalue weighted by Gasteiger charge is -2.52. The van der Waals surface area contributed by atoms with Crippen molar-refractivity contribution in [2.75, 3.05) is 14.1 Å². The number of amides is 1. The van der Waals surface area contributed by atoms with Gasteiger partial charge in [-0.25, -0.2) is 0 Å². The van der Waals surface area contributed by atoms with Gasteiger partial charge in [-0.05, 0) is 39.1 Å². The summed E-state index contributed by atoms with van der Waals surface area (Å²) in [6.07, 6.45) is -0.200. The Kier molecular flexibility index (Phi) is 6.94. The lowest BCUT2D eigenvalue weighted by molar-refractivity contribution is -0.151. The summed E-state index contributed by atoms with van der Waals surface area (Å²) in [7, 11) is 3.06. The van der Waals surface area contributed by atoms with Gasteiger partial charge in [0.05, 0.1) is 17.2 Å². The Bertz CT molecular complexity index is 1160. The number of fused-ring (bicyclic) bond motifs is 3. The molecule has 0 saturated carbocycles. The third-order valence-electron chi connectivity index (χ3n) is 7.02. The van der Waals surface area contributed by atoms with Crippen molar-refractivity contribution in [2.24, 2.45) is 17.6 Å². The summed E-state index contributed by atoms with van der Waals surface area (Å²) in [5.41, 5.74) is -0.654. The molecule has 186 valence electrons. The number of primary amides is 1. The van der Waals surface area contributed by atoms with E-state index in [1.54, 1.807) is 0 Å². The van der Waals surface area contributed by atoms with Gasteiger partial charge in [-0.1, -0.05) is 12.1 Å². The normalized spacial score (nSPS) is 32.4. The number of ketones is 2. The summed E-state index contributed by atoms with van der Waals surface area (Å²) in [5, 5.41) is 55.0. The van der Waals surface area contributed by atoms with E-state index in [1.165, 1.54) is 44.1 Å². The van der Waals surface area contributed by atoms with E-state index < -0.39 is 75.0 Å². The molecule has 0 aliphatic heterocycles. The molecule has 3 aliphatic carbocycles. The van der Waals surface area contributed by atoms with Crippen molar-refractivity contribution in [3.8, 4) is 5.75 Å². The number of hydrogen-bond acceptors (Lipinski definition) is 9. The predicted octanol–water partition coefficient (Wildman–Crippen LogP) is 0.629. The van der Waals surface area contributed by atoms with E-state index in [2.05, 4.69) is 0 Å². The molecule has 5 atom stereocenters. The monoisotopic (exact) mass is 516 g/mol. The van der Waals surface area contributed by atoms with Crippen LogP contribution in [0.25, 0.3) is 0 Å². The van der Waals surface area contributed by atoms with Crippen molar-refractivity contribution in [3.63, 3.8) is 0 Å². The Balaban J connectivity index is 0.00000204. The zero-order valence-corrected chi connectivity index (χ0v) is 20.1. The van der Waals surface area contributed by atoms with E-state index in [1.807, 2.05) is 0 Å². The minimum Gasteiger partial charge on any atom is -0.510 e. The number of nitrogens with zero attached hydrogens (tertiary/aromatic N) is 1. The first-order chi connectivity index (χ1) is 14.8. The molecule has 0 saturated heterocycles. The largest absolute Gasteiger partial charge is 0.510 e. The average Bonchev–Trinajstić information content (AvgIpc) is 2.68. The van der Waals surface area contributed by atoms with Gasteiger partial charge in [0, 0.05) is 17.4 Å². The smallest absolute Gasteiger partial charge is 0.255 e. The Hall–Kier alpha value is -2.63. The molecular formula is C22H26Cl2N2O8.